The van der Waals surface area contributed by atoms with Gasteiger partial charge in [-0.15, -0.1) is 46.7 Å². The maximum absolute atomic E-state index is 10.0. The Morgan fingerprint density at radius 3 is 2.31 bits per heavy atom. The molecule has 0 unspecified atom stereocenters. The van der Waals surface area contributed by atoms with E-state index in [4.69, 9.17) is 10.1 Å². The number of allylic oxidation sites excluding steroid dienone is 2. The van der Waals surface area contributed by atoms with Crippen LogP contribution in [-0.2, 0) is 37.7 Å². The first-order valence-electron chi connectivity index (χ1n) is 12.0. The molecule has 0 atom stereocenters. The van der Waals surface area contributed by atoms with Gasteiger partial charge in [-0.25, -0.2) is 0 Å². The summed E-state index contributed by atoms with van der Waals surface area (Å²) in [6.07, 6.45) is 8.19. The summed E-state index contributed by atoms with van der Waals surface area (Å²) in [6, 6.07) is 21.4. The van der Waals surface area contributed by atoms with Gasteiger partial charge in [-0.05, 0) is 91.4 Å². The summed E-state index contributed by atoms with van der Waals surface area (Å²) in [7, 11) is 0. The van der Waals surface area contributed by atoms with E-state index < -0.39 is 0 Å². The summed E-state index contributed by atoms with van der Waals surface area (Å²) in [6.45, 7) is 4.94. The molecule has 0 spiro atoms. The first kappa shape index (κ1) is 26.2. The van der Waals surface area contributed by atoms with Crippen LogP contribution in [0.5, 0.6) is 0 Å². The van der Waals surface area contributed by atoms with Crippen LogP contribution < -0.4 is 0 Å². The number of hydrogen-bond acceptors (Lipinski definition) is 4. The fourth-order valence-corrected chi connectivity index (χ4v) is 6.01. The zero-order valence-electron chi connectivity index (χ0n) is 20.6. The number of aliphatic hydroxyl groups is 1. The number of pyridine rings is 1. The number of rotatable bonds is 2. The topological polar surface area (TPSA) is 50.2 Å². The van der Waals surface area contributed by atoms with E-state index in [2.05, 4.69) is 55.5 Å². The quantitative estimate of drug-likeness (QED) is 0.117. The maximum Gasteiger partial charge on any atom is 0.155 e. The summed E-state index contributed by atoms with van der Waals surface area (Å²) in [4.78, 5) is 14.7. The first-order chi connectivity index (χ1) is 16.9. The fraction of sp³-hybridized carbons (Fsp3) is 0.226. The molecule has 5 heteroatoms. The number of fused-ring (bicyclic) bond motifs is 5. The predicted octanol–water partition coefficient (Wildman–Crippen LogP) is 8.29. The van der Waals surface area contributed by atoms with Crippen molar-refractivity contribution in [1.82, 2.24) is 4.98 Å². The van der Waals surface area contributed by atoms with Crippen LogP contribution in [0.4, 0.5) is 0 Å². The van der Waals surface area contributed by atoms with E-state index in [9.17, 15) is 4.79 Å². The monoisotopic (exact) mass is 671 g/mol. The molecule has 0 aliphatic heterocycles. The van der Waals surface area contributed by atoms with E-state index in [-0.39, 0.29) is 31.6 Å². The normalized spacial score (nSPS) is 13.1. The number of nitrogens with zero attached hydrogens (tertiary/aromatic N) is 1. The van der Waals surface area contributed by atoms with Crippen molar-refractivity contribution in [2.75, 3.05) is 0 Å². The number of aliphatic hydroxyl groups excluding tert-OH is 1. The third kappa shape index (κ3) is 5.44. The van der Waals surface area contributed by atoms with Crippen molar-refractivity contribution in [2.45, 2.75) is 46.5 Å². The van der Waals surface area contributed by atoms with Crippen molar-refractivity contribution in [3.05, 3.63) is 89.3 Å². The molecule has 36 heavy (non-hydrogen) atoms. The number of benzene rings is 3. The van der Waals surface area contributed by atoms with Crippen molar-refractivity contribution in [1.29, 1.82) is 0 Å². The van der Waals surface area contributed by atoms with Crippen molar-refractivity contribution >= 4 is 48.1 Å². The minimum atomic E-state index is -0.125. The second-order valence-corrected chi connectivity index (χ2v) is 10.4. The molecule has 0 saturated heterocycles. The second-order valence-electron chi connectivity index (χ2n) is 9.33. The van der Waals surface area contributed by atoms with Gasteiger partial charge < -0.3 is 10.1 Å². The first-order valence-corrected chi connectivity index (χ1v) is 12.8. The number of hydrogen-bond donors (Lipinski definition) is 1. The molecule has 3 aromatic carbocycles. The van der Waals surface area contributed by atoms with Crippen LogP contribution in [0.3, 0.4) is 0 Å². The number of ketones is 1. The Bertz CT molecular complexity index is 1590. The molecule has 0 amide bonds. The molecule has 1 aliphatic carbocycles. The zero-order chi connectivity index (χ0) is 24.5. The average Bonchev–Trinajstić information content (AvgIpc) is 3.17. The summed E-state index contributed by atoms with van der Waals surface area (Å²) in [5.41, 5.74) is 6.42. The zero-order valence-corrected chi connectivity index (χ0v) is 23.9. The van der Waals surface area contributed by atoms with E-state index in [0.29, 0.717) is 0 Å². The fourth-order valence-electron chi connectivity index (χ4n) is 4.83. The Hall–Kier alpha value is -2.85. The van der Waals surface area contributed by atoms with Crippen LogP contribution in [0.2, 0.25) is 0 Å². The summed E-state index contributed by atoms with van der Waals surface area (Å²) in [5.74, 6) is -0.0625. The van der Waals surface area contributed by atoms with E-state index in [1.165, 1.54) is 82.1 Å². The van der Waals surface area contributed by atoms with Gasteiger partial charge in [0.1, 0.15) is 0 Å². The van der Waals surface area contributed by atoms with Crippen LogP contribution in [0, 0.1) is 13.0 Å². The van der Waals surface area contributed by atoms with Crippen molar-refractivity contribution in [2.24, 2.45) is 0 Å². The molecule has 5 aromatic rings. The van der Waals surface area contributed by atoms with Crippen LogP contribution in [0.1, 0.15) is 43.4 Å². The van der Waals surface area contributed by atoms with Gasteiger partial charge in [-0.3, -0.25) is 4.79 Å². The van der Waals surface area contributed by atoms with Crippen LogP contribution >= 0.6 is 11.3 Å². The minimum absolute atomic E-state index is 0. The number of thiophene rings is 1. The average molecular weight is 671 g/mol. The molecule has 2 heterocycles. The Morgan fingerprint density at radius 1 is 0.972 bits per heavy atom. The van der Waals surface area contributed by atoms with Gasteiger partial charge in [0.2, 0.25) is 0 Å². The Morgan fingerprint density at radius 2 is 1.67 bits per heavy atom. The molecular formula is C31H28IrNO2S-. The largest absolute Gasteiger partial charge is 0.512 e. The summed E-state index contributed by atoms with van der Waals surface area (Å²) in [5, 5.41) is 13.6. The molecule has 2 aromatic heterocycles. The van der Waals surface area contributed by atoms with Crippen LogP contribution in [-0.4, -0.2) is 15.9 Å². The van der Waals surface area contributed by atoms with Gasteiger partial charge in [0.05, 0.1) is 5.76 Å². The Kier molecular flexibility index (Phi) is 8.04. The maximum atomic E-state index is 10.0. The van der Waals surface area contributed by atoms with Crippen molar-refractivity contribution < 1.29 is 30.0 Å². The van der Waals surface area contributed by atoms with Gasteiger partial charge >= 0.3 is 0 Å². The van der Waals surface area contributed by atoms with Gasteiger partial charge in [0.15, 0.2) is 5.78 Å². The van der Waals surface area contributed by atoms with Gasteiger partial charge in [0.25, 0.3) is 0 Å². The smallest absolute Gasteiger partial charge is 0.155 e. The van der Waals surface area contributed by atoms with Gasteiger partial charge in [-0.1, -0.05) is 13.0 Å². The molecule has 0 saturated carbocycles. The second kappa shape index (κ2) is 11.0. The van der Waals surface area contributed by atoms with E-state index in [0.717, 1.165) is 11.3 Å². The Labute approximate surface area is 229 Å². The SMILES string of the molecule is CC(=O)/C=C(/C)O.Cc1c[c-]c(-c2nccc3cc4sc5cc6c(cc5c4cc23)CCCC6)cc1.[Ir]. The van der Waals surface area contributed by atoms with Gasteiger partial charge in [0, 0.05) is 52.6 Å². The third-order valence-corrected chi connectivity index (χ3v) is 7.57. The number of carbonyl (C=O) groups is 1. The van der Waals surface area contributed by atoms with E-state index in [1.54, 1.807) is 11.1 Å². The summed E-state index contributed by atoms with van der Waals surface area (Å²) >= 11 is 1.92. The number of aromatic nitrogens is 1. The van der Waals surface area contributed by atoms with E-state index >= 15 is 0 Å². The standard InChI is InChI=1S/C26H20NS.C5H8O2.Ir/c1-16-6-8-17(9-7-16)26-21-15-23-22-12-18-4-2-3-5-19(18)13-24(22)28-25(23)14-20(21)10-11-27-26;1-4(6)3-5(2)7;/h6-8,10-15H,2-5H2,1H3;3,6H,1-2H3;/q-1;;/b;4-3-;. The summed E-state index contributed by atoms with van der Waals surface area (Å²) < 4.78 is 2.79. The third-order valence-electron chi connectivity index (χ3n) is 6.45. The van der Waals surface area contributed by atoms with Crippen molar-refractivity contribution in [3.8, 4) is 11.3 Å². The predicted molar refractivity (Wildman–Crippen MR) is 147 cm³/mol. The molecule has 1 N–H and O–H groups in total. The van der Waals surface area contributed by atoms with E-state index in [1.807, 2.05) is 23.6 Å². The van der Waals surface area contributed by atoms with Crippen LogP contribution in [0.25, 0.3) is 42.2 Å². The molecule has 0 fully saturated rings. The van der Waals surface area contributed by atoms with Crippen LogP contribution in [0.15, 0.2) is 66.6 Å². The molecule has 3 nitrogen and oxygen atoms in total. The number of carbonyl (C=O) groups excluding carboxylic acids is 1. The van der Waals surface area contributed by atoms with Gasteiger partial charge in [-0.2, -0.15) is 0 Å². The minimum Gasteiger partial charge on any atom is -0.512 e. The number of aryl methyl sites for hydroxylation is 3. The molecule has 0 bridgehead atoms. The molecule has 1 radical (unpaired) electrons. The molecule has 1 aliphatic rings. The van der Waals surface area contributed by atoms with Crippen molar-refractivity contribution in [3.63, 3.8) is 0 Å². The molecule has 185 valence electrons. The Balaban J connectivity index is 0.000000338. The molecular weight excluding hydrogens is 643 g/mol. The molecule has 6 rings (SSSR count).